The van der Waals surface area contributed by atoms with Gasteiger partial charge in [0.15, 0.2) is 5.54 Å². The number of carbonyl (C=O) groups excluding carboxylic acids is 1. The molecule has 1 fully saturated rings. The monoisotopic (exact) mass is 276 g/mol. The van der Waals surface area contributed by atoms with Gasteiger partial charge in [-0.05, 0) is 11.6 Å². The van der Waals surface area contributed by atoms with Crippen LogP contribution in [0, 0.1) is 0 Å². The van der Waals surface area contributed by atoms with Crippen LogP contribution in [0.2, 0.25) is 0 Å². The summed E-state index contributed by atoms with van der Waals surface area (Å²) in [6.07, 6.45) is 0.867. The first-order chi connectivity index (χ1) is 9.61. The molecule has 20 heavy (non-hydrogen) atoms. The van der Waals surface area contributed by atoms with Gasteiger partial charge in [-0.2, -0.15) is 0 Å². The van der Waals surface area contributed by atoms with E-state index >= 15 is 0 Å². The van der Waals surface area contributed by atoms with Crippen LogP contribution in [-0.4, -0.2) is 41.8 Å². The molecule has 0 bridgehead atoms. The van der Waals surface area contributed by atoms with E-state index in [0.717, 1.165) is 11.3 Å². The summed E-state index contributed by atoms with van der Waals surface area (Å²) in [5.74, 6) is -1.34. The Morgan fingerprint density at radius 2 is 2.20 bits per heavy atom. The molecule has 2 atom stereocenters. The smallest absolute Gasteiger partial charge is 0.331 e. The van der Waals surface area contributed by atoms with Gasteiger partial charge >= 0.3 is 5.97 Å². The highest BCUT2D eigenvalue weighted by Gasteiger charge is 2.45. The highest BCUT2D eigenvalue weighted by atomic mass is 16.5. The normalized spacial score (nSPS) is 27.7. The van der Waals surface area contributed by atoms with Crippen molar-refractivity contribution >= 4 is 17.6 Å². The molecule has 6 nitrogen and oxygen atoms in total. The lowest BCUT2D eigenvalue weighted by Gasteiger charge is -2.25. The van der Waals surface area contributed by atoms with E-state index in [1.807, 2.05) is 24.3 Å². The Morgan fingerprint density at radius 3 is 2.85 bits per heavy atom. The van der Waals surface area contributed by atoms with Gasteiger partial charge in [0.1, 0.15) is 6.04 Å². The van der Waals surface area contributed by atoms with Crippen molar-refractivity contribution in [2.24, 2.45) is 0 Å². The molecular weight excluding hydrogens is 260 g/mol. The van der Waals surface area contributed by atoms with E-state index in [4.69, 9.17) is 4.74 Å². The molecular formula is C14H16N2O4. The van der Waals surface area contributed by atoms with Crippen LogP contribution in [0.1, 0.15) is 12.0 Å². The molecule has 1 aromatic rings. The molecule has 6 heteroatoms. The van der Waals surface area contributed by atoms with Crippen LogP contribution >= 0.6 is 0 Å². The maximum absolute atomic E-state index is 12.3. The Hall–Kier alpha value is -2.08. The van der Waals surface area contributed by atoms with Crippen LogP contribution < -0.4 is 10.6 Å². The largest absolute Gasteiger partial charge is 0.479 e. The van der Waals surface area contributed by atoms with Crippen LogP contribution in [0.15, 0.2) is 24.3 Å². The van der Waals surface area contributed by atoms with Crippen molar-refractivity contribution in [2.45, 2.75) is 24.4 Å². The molecule has 2 aliphatic rings. The Bertz CT molecular complexity index is 527. The van der Waals surface area contributed by atoms with Gasteiger partial charge < -0.3 is 20.5 Å². The second-order valence-electron chi connectivity index (χ2n) is 5.24. The number of anilines is 1. The van der Waals surface area contributed by atoms with E-state index in [1.165, 1.54) is 0 Å². The minimum absolute atomic E-state index is 0.0216. The molecule has 0 aliphatic carbocycles. The predicted octanol–water partition coefficient (Wildman–Crippen LogP) is 0.383. The fourth-order valence-corrected chi connectivity index (χ4v) is 2.66. The molecule has 106 valence electrons. The number of carbonyl (C=O) groups is 2. The Labute approximate surface area is 116 Å². The summed E-state index contributed by atoms with van der Waals surface area (Å²) in [5, 5.41) is 15.1. The van der Waals surface area contributed by atoms with Gasteiger partial charge in [0.25, 0.3) is 0 Å². The lowest BCUT2D eigenvalue weighted by molar-refractivity contribution is -0.147. The van der Waals surface area contributed by atoms with E-state index in [2.05, 4.69) is 10.6 Å². The molecule has 2 heterocycles. The van der Waals surface area contributed by atoms with Gasteiger partial charge in [-0.1, -0.05) is 18.2 Å². The first-order valence-corrected chi connectivity index (χ1v) is 6.58. The number of para-hydroxylation sites is 1. The zero-order valence-corrected chi connectivity index (χ0v) is 10.9. The van der Waals surface area contributed by atoms with Gasteiger partial charge in [0.05, 0.1) is 6.61 Å². The quantitative estimate of drug-likeness (QED) is 0.743. The van der Waals surface area contributed by atoms with Crippen LogP contribution in [0.4, 0.5) is 5.69 Å². The number of hydrogen-bond donors (Lipinski definition) is 3. The SMILES string of the molecule is O=C(NC1(C(=O)O)CCOC1)[C@@H]1Cc2ccccc2N1. The highest BCUT2D eigenvalue weighted by molar-refractivity contribution is 5.92. The Balaban J connectivity index is 1.71. The fourth-order valence-electron chi connectivity index (χ4n) is 2.66. The van der Waals surface area contributed by atoms with Crippen molar-refractivity contribution in [3.63, 3.8) is 0 Å². The summed E-state index contributed by atoms with van der Waals surface area (Å²) in [5.41, 5.74) is 0.715. The van der Waals surface area contributed by atoms with E-state index < -0.39 is 17.6 Å². The zero-order chi connectivity index (χ0) is 14.2. The van der Waals surface area contributed by atoms with Crippen LogP contribution in [-0.2, 0) is 20.7 Å². The summed E-state index contributed by atoms with van der Waals surface area (Å²) in [7, 11) is 0. The van der Waals surface area contributed by atoms with E-state index in [0.29, 0.717) is 19.4 Å². The van der Waals surface area contributed by atoms with Crippen molar-refractivity contribution < 1.29 is 19.4 Å². The lowest BCUT2D eigenvalue weighted by atomic mass is 9.98. The topological polar surface area (TPSA) is 87.7 Å². The number of rotatable bonds is 3. The van der Waals surface area contributed by atoms with E-state index in [9.17, 15) is 14.7 Å². The highest BCUT2D eigenvalue weighted by Crippen LogP contribution is 2.26. The third kappa shape index (κ3) is 2.12. The van der Waals surface area contributed by atoms with Crippen molar-refractivity contribution in [1.29, 1.82) is 0 Å². The lowest BCUT2D eigenvalue weighted by Crippen LogP contribution is -2.58. The minimum Gasteiger partial charge on any atom is -0.479 e. The zero-order valence-electron chi connectivity index (χ0n) is 10.9. The second kappa shape index (κ2) is 4.79. The third-order valence-electron chi connectivity index (χ3n) is 3.88. The number of ether oxygens (including phenoxy) is 1. The molecule has 0 saturated carbocycles. The summed E-state index contributed by atoms with van der Waals surface area (Å²) in [4.78, 5) is 23.7. The summed E-state index contributed by atoms with van der Waals surface area (Å²) < 4.78 is 5.13. The van der Waals surface area contributed by atoms with E-state index in [1.54, 1.807) is 0 Å². The second-order valence-corrected chi connectivity index (χ2v) is 5.24. The molecule has 1 amide bonds. The average molecular weight is 276 g/mol. The van der Waals surface area contributed by atoms with Crippen molar-refractivity contribution in [3.8, 4) is 0 Å². The average Bonchev–Trinajstić information content (AvgIpc) is 3.05. The molecule has 0 spiro atoms. The van der Waals surface area contributed by atoms with Gasteiger partial charge in [-0.25, -0.2) is 4.79 Å². The van der Waals surface area contributed by atoms with Crippen LogP contribution in [0.5, 0.6) is 0 Å². The van der Waals surface area contributed by atoms with Gasteiger partial charge in [-0.3, -0.25) is 4.79 Å². The molecule has 1 unspecified atom stereocenters. The minimum atomic E-state index is -1.28. The summed E-state index contributed by atoms with van der Waals surface area (Å²) in [6.45, 7) is 0.374. The number of fused-ring (bicyclic) bond motifs is 1. The maximum Gasteiger partial charge on any atom is 0.331 e. The number of amides is 1. The third-order valence-corrected chi connectivity index (χ3v) is 3.88. The molecule has 1 saturated heterocycles. The van der Waals surface area contributed by atoms with Crippen molar-refractivity contribution in [3.05, 3.63) is 29.8 Å². The maximum atomic E-state index is 12.3. The molecule has 2 aliphatic heterocycles. The van der Waals surface area contributed by atoms with E-state index in [-0.39, 0.29) is 12.5 Å². The number of benzene rings is 1. The molecule has 0 aromatic heterocycles. The fraction of sp³-hybridized carbons (Fsp3) is 0.429. The Kier molecular flexibility index (Phi) is 3.10. The standard InChI is InChI=1S/C14H16N2O4/c17-12(16-14(13(18)19)5-6-20-8-14)11-7-9-3-1-2-4-10(9)15-11/h1-4,11,15H,5-8H2,(H,16,17)(H,18,19)/t11-,14?/m0/s1. The molecule has 1 aromatic carbocycles. The Morgan fingerprint density at radius 1 is 1.40 bits per heavy atom. The molecule has 3 rings (SSSR count). The van der Waals surface area contributed by atoms with Gasteiger partial charge in [-0.15, -0.1) is 0 Å². The number of carboxylic acid groups (broad SMARTS) is 1. The first kappa shape index (κ1) is 12.9. The van der Waals surface area contributed by atoms with Gasteiger partial charge in [0.2, 0.25) is 5.91 Å². The molecule has 3 N–H and O–H groups in total. The van der Waals surface area contributed by atoms with Gasteiger partial charge in [0, 0.05) is 25.1 Å². The number of nitrogens with one attached hydrogen (secondary N) is 2. The summed E-state index contributed by atoms with van der Waals surface area (Å²) in [6, 6.07) is 7.26. The number of carboxylic acids is 1. The van der Waals surface area contributed by atoms with Crippen LogP contribution in [0.25, 0.3) is 0 Å². The van der Waals surface area contributed by atoms with Crippen molar-refractivity contribution in [1.82, 2.24) is 5.32 Å². The van der Waals surface area contributed by atoms with Crippen LogP contribution in [0.3, 0.4) is 0 Å². The predicted molar refractivity (Wildman–Crippen MR) is 71.5 cm³/mol. The summed E-state index contributed by atoms with van der Waals surface area (Å²) >= 11 is 0. The first-order valence-electron chi connectivity index (χ1n) is 6.58. The van der Waals surface area contributed by atoms with Crippen molar-refractivity contribution in [2.75, 3.05) is 18.5 Å². The molecule has 0 radical (unpaired) electrons. The number of hydrogen-bond acceptors (Lipinski definition) is 4. The number of aliphatic carboxylic acids is 1.